The number of aryl methyl sites for hydroxylation is 1. The summed E-state index contributed by atoms with van der Waals surface area (Å²) < 4.78 is 5.33. The van der Waals surface area contributed by atoms with Gasteiger partial charge in [0, 0.05) is 19.1 Å². The number of hydrogen-bond acceptors (Lipinski definition) is 2. The lowest BCUT2D eigenvalue weighted by atomic mass is 10.0. The first-order chi connectivity index (χ1) is 12.7. The predicted molar refractivity (Wildman–Crippen MR) is 109 cm³/mol. The Morgan fingerprint density at radius 2 is 1.92 bits per heavy atom. The molecule has 0 aliphatic carbocycles. The molecule has 0 bridgehead atoms. The molecule has 4 rings (SSSR count). The Kier molecular flexibility index (Phi) is 4.88. The molecule has 1 aliphatic rings. The Hall–Kier alpha value is -2.03. The maximum Gasteiger partial charge on any atom is 0.137 e. The molecule has 3 aromatic carbocycles. The van der Waals surface area contributed by atoms with Crippen LogP contribution in [-0.4, -0.2) is 18.1 Å². The summed E-state index contributed by atoms with van der Waals surface area (Å²) in [6.45, 7) is 4.42. The maximum atomic E-state index is 6.13. The van der Waals surface area contributed by atoms with Gasteiger partial charge in [0.2, 0.25) is 0 Å². The molecule has 26 heavy (non-hydrogen) atoms. The van der Waals surface area contributed by atoms with Crippen molar-refractivity contribution in [3.05, 3.63) is 76.3 Å². The van der Waals surface area contributed by atoms with Crippen LogP contribution in [0.4, 0.5) is 0 Å². The van der Waals surface area contributed by atoms with Crippen molar-refractivity contribution in [2.75, 3.05) is 7.11 Å². The Morgan fingerprint density at radius 3 is 2.77 bits per heavy atom. The molecule has 0 amide bonds. The van der Waals surface area contributed by atoms with Crippen LogP contribution in [0.3, 0.4) is 0 Å². The number of rotatable bonds is 5. The van der Waals surface area contributed by atoms with Crippen molar-refractivity contribution >= 4 is 22.4 Å². The highest BCUT2D eigenvalue weighted by molar-refractivity contribution is 6.32. The molecule has 3 aromatic rings. The second-order valence-electron chi connectivity index (χ2n) is 7.19. The maximum absolute atomic E-state index is 6.13. The monoisotopic (exact) mass is 365 g/mol. The van der Waals surface area contributed by atoms with E-state index in [1.165, 1.54) is 27.5 Å². The first-order valence-electron chi connectivity index (χ1n) is 9.21. The lowest BCUT2D eigenvalue weighted by Gasteiger charge is -2.24. The number of hydrogen-bond donors (Lipinski definition) is 0. The molecule has 0 saturated carbocycles. The Bertz CT molecular complexity index is 937. The van der Waals surface area contributed by atoms with E-state index in [1.807, 2.05) is 6.07 Å². The molecule has 0 aromatic heterocycles. The van der Waals surface area contributed by atoms with E-state index in [1.54, 1.807) is 7.11 Å². The highest BCUT2D eigenvalue weighted by atomic mass is 35.5. The van der Waals surface area contributed by atoms with Crippen molar-refractivity contribution in [2.45, 2.75) is 38.9 Å². The largest absolute Gasteiger partial charge is 0.495 e. The van der Waals surface area contributed by atoms with Crippen molar-refractivity contribution in [1.29, 1.82) is 0 Å². The molecule has 0 saturated heterocycles. The van der Waals surface area contributed by atoms with Gasteiger partial charge < -0.3 is 4.74 Å². The lowest BCUT2D eigenvalue weighted by Crippen LogP contribution is -2.28. The summed E-state index contributed by atoms with van der Waals surface area (Å²) in [7, 11) is 1.67. The third-order valence-electron chi connectivity index (χ3n) is 5.56. The summed E-state index contributed by atoms with van der Waals surface area (Å²) in [5, 5.41) is 3.42. The zero-order valence-electron chi connectivity index (χ0n) is 15.3. The van der Waals surface area contributed by atoms with Gasteiger partial charge in [-0.2, -0.15) is 0 Å². The zero-order valence-corrected chi connectivity index (χ0v) is 16.1. The smallest absolute Gasteiger partial charge is 0.137 e. The van der Waals surface area contributed by atoms with Crippen LogP contribution >= 0.6 is 11.6 Å². The van der Waals surface area contributed by atoms with Crippen molar-refractivity contribution in [3.63, 3.8) is 0 Å². The van der Waals surface area contributed by atoms with E-state index in [9.17, 15) is 0 Å². The zero-order chi connectivity index (χ0) is 18.1. The molecule has 0 fully saturated rings. The van der Waals surface area contributed by atoms with Gasteiger partial charge in [-0.15, -0.1) is 0 Å². The number of halogens is 1. The first kappa shape index (κ1) is 17.4. The van der Waals surface area contributed by atoms with Gasteiger partial charge in [-0.3, -0.25) is 4.90 Å². The van der Waals surface area contributed by atoms with E-state index >= 15 is 0 Å². The van der Waals surface area contributed by atoms with Gasteiger partial charge in [0.05, 0.1) is 12.1 Å². The number of ether oxygens (including phenoxy) is 1. The van der Waals surface area contributed by atoms with Crippen LogP contribution in [-0.2, 0) is 19.5 Å². The molecule has 0 spiro atoms. The third-order valence-corrected chi connectivity index (χ3v) is 5.87. The SMILES string of the molecule is COc1cc(CC[C@@H](C)N2Cc3ccc4ccccc4c3C2)ccc1Cl. The molecular weight excluding hydrogens is 342 g/mol. The summed E-state index contributed by atoms with van der Waals surface area (Å²) in [5.74, 6) is 0.761. The third kappa shape index (κ3) is 3.32. The van der Waals surface area contributed by atoms with Crippen LogP contribution < -0.4 is 4.74 Å². The Morgan fingerprint density at radius 1 is 1.08 bits per heavy atom. The van der Waals surface area contributed by atoms with Gasteiger partial charge in [0.15, 0.2) is 0 Å². The molecule has 1 heterocycles. The fourth-order valence-electron chi connectivity index (χ4n) is 3.92. The number of benzene rings is 3. The van der Waals surface area contributed by atoms with Crippen molar-refractivity contribution < 1.29 is 4.74 Å². The predicted octanol–water partition coefficient (Wildman–Crippen LogP) is 5.84. The fourth-order valence-corrected chi connectivity index (χ4v) is 4.12. The minimum absolute atomic E-state index is 0.530. The molecule has 1 atom stereocenters. The molecule has 134 valence electrons. The molecule has 2 nitrogen and oxygen atoms in total. The van der Waals surface area contributed by atoms with E-state index in [-0.39, 0.29) is 0 Å². The Balaban J connectivity index is 1.45. The molecule has 0 radical (unpaired) electrons. The van der Waals surface area contributed by atoms with Gasteiger partial charge in [-0.05, 0) is 59.4 Å². The minimum Gasteiger partial charge on any atom is -0.495 e. The summed E-state index contributed by atoms with van der Waals surface area (Å²) in [6.07, 6.45) is 2.15. The second kappa shape index (κ2) is 7.30. The van der Waals surface area contributed by atoms with Gasteiger partial charge >= 0.3 is 0 Å². The summed E-state index contributed by atoms with van der Waals surface area (Å²) in [4.78, 5) is 2.59. The first-order valence-corrected chi connectivity index (χ1v) is 9.59. The quantitative estimate of drug-likeness (QED) is 0.563. The number of fused-ring (bicyclic) bond motifs is 3. The molecular formula is C23H24ClNO. The highest BCUT2D eigenvalue weighted by Gasteiger charge is 2.24. The fraction of sp³-hybridized carbons (Fsp3) is 0.304. The summed E-state index contributed by atoms with van der Waals surface area (Å²) >= 11 is 6.13. The van der Waals surface area contributed by atoms with Crippen molar-refractivity contribution in [2.24, 2.45) is 0 Å². The summed E-state index contributed by atoms with van der Waals surface area (Å²) in [6, 6.07) is 19.9. The van der Waals surface area contributed by atoms with Gasteiger partial charge in [-0.1, -0.05) is 54.1 Å². The van der Waals surface area contributed by atoms with Gasteiger partial charge in [-0.25, -0.2) is 0 Å². The van der Waals surface area contributed by atoms with E-state index < -0.39 is 0 Å². The van der Waals surface area contributed by atoms with E-state index in [0.717, 1.165) is 31.7 Å². The molecule has 0 N–H and O–H groups in total. The van der Waals surface area contributed by atoms with Crippen LogP contribution in [0.5, 0.6) is 5.75 Å². The van der Waals surface area contributed by atoms with Gasteiger partial charge in [0.25, 0.3) is 0 Å². The molecule has 0 unspecified atom stereocenters. The van der Waals surface area contributed by atoms with Crippen LogP contribution in [0.1, 0.15) is 30.0 Å². The topological polar surface area (TPSA) is 12.5 Å². The number of methoxy groups -OCH3 is 1. The average molecular weight is 366 g/mol. The Labute approximate surface area is 160 Å². The van der Waals surface area contributed by atoms with Crippen LogP contribution in [0.2, 0.25) is 5.02 Å². The van der Waals surface area contributed by atoms with Crippen LogP contribution in [0, 0.1) is 0 Å². The van der Waals surface area contributed by atoms with Crippen molar-refractivity contribution in [1.82, 2.24) is 4.90 Å². The van der Waals surface area contributed by atoms with E-state index in [4.69, 9.17) is 16.3 Å². The van der Waals surface area contributed by atoms with E-state index in [0.29, 0.717) is 11.1 Å². The lowest BCUT2D eigenvalue weighted by molar-refractivity contribution is 0.203. The standard InChI is InChI=1S/C23H24ClNO/c1-16(7-8-17-9-12-22(24)23(13-17)26-2)25-14-19-11-10-18-5-3-4-6-20(18)21(19)15-25/h3-6,9-13,16H,7-8,14-15H2,1-2H3/t16-/m1/s1. The molecule has 1 aliphatic heterocycles. The van der Waals surface area contributed by atoms with Crippen LogP contribution in [0.15, 0.2) is 54.6 Å². The minimum atomic E-state index is 0.530. The highest BCUT2D eigenvalue weighted by Crippen LogP contribution is 2.32. The number of nitrogens with zero attached hydrogens (tertiary/aromatic N) is 1. The summed E-state index contributed by atoms with van der Waals surface area (Å²) in [5.41, 5.74) is 4.26. The molecule has 3 heteroatoms. The van der Waals surface area contributed by atoms with Gasteiger partial charge in [0.1, 0.15) is 5.75 Å². The van der Waals surface area contributed by atoms with E-state index in [2.05, 4.69) is 60.4 Å². The average Bonchev–Trinajstić information content (AvgIpc) is 3.12. The van der Waals surface area contributed by atoms with Crippen molar-refractivity contribution in [3.8, 4) is 5.75 Å². The second-order valence-corrected chi connectivity index (χ2v) is 7.59. The normalized spacial score (nSPS) is 15.2. The van der Waals surface area contributed by atoms with Crippen LogP contribution in [0.25, 0.3) is 10.8 Å².